The maximum atomic E-state index is 12.9. The number of hydrogen-bond donors (Lipinski definition) is 1. The number of likely N-dealkylation sites (tertiary alicyclic amines) is 1. The minimum absolute atomic E-state index is 0.0287. The van der Waals surface area contributed by atoms with E-state index < -0.39 is 0 Å². The van der Waals surface area contributed by atoms with Gasteiger partial charge in [0.2, 0.25) is 0 Å². The van der Waals surface area contributed by atoms with Crippen molar-refractivity contribution < 1.29 is 23.8 Å². The number of anilines is 1. The quantitative estimate of drug-likeness (QED) is 0.758. The second kappa shape index (κ2) is 8.65. The van der Waals surface area contributed by atoms with Gasteiger partial charge in [-0.3, -0.25) is 9.59 Å². The number of benzene rings is 2. The maximum Gasteiger partial charge on any atom is 0.262 e. The fourth-order valence-electron chi connectivity index (χ4n) is 4.34. The summed E-state index contributed by atoms with van der Waals surface area (Å²) in [5.74, 6) is 1.75. The molecular formula is C23H26N2O5. The highest BCUT2D eigenvalue weighted by atomic mass is 16.5. The molecular weight excluding hydrogens is 384 g/mol. The van der Waals surface area contributed by atoms with Crippen molar-refractivity contribution in [1.29, 1.82) is 0 Å². The predicted octanol–water partition coefficient (Wildman–Crippen LogP) is 3.35. The van der Waals surface area contributed by atoms with Gasteiger partial charge in [0.15, 0.2) is 18.1 Å². The Labute approximate surface area is 175 Å². The molecule has 1 heterocycles. The van der Waals surface area contributed by atoms with E-state index in [0.717, 1.165) is 19.4 Å². The molecule has 2 atom stereocenters. The third kappa shape index (κ3) is 4.06. The van der Waals surface area contributed by atoms with Crippen molar-refractivity contribution in [2.45, 2.75) is 25.3 Å². The van der Waals surface area contributed by atoms with Crippen LogP contribution in [0.3, 0.4) is 0 Å². The lowest BCUT2D eigenvalue weighted by Crippen LogP contribution is -2.37. The van der Waals surface area contributed by atoms with Crippen LogP contribution in [0, 0.1) is 5.92 Å². The molecule has 1 aliphatic carbocycles. The molecule has 1 saturated carbocycles. The molecule has 2 bridgehead atoms. The van der Waals surface area contributed by atoms with Gasteiger partial charge in [-0.15, -0.1) is 0 Å². The van der Waals surface area contributed by atoms with Crippen molar-refractivity contribution in [3.8, 4) is 17.2 Å². The van der Waals surface area contributed by atoms with Gasteiger partial charge in [0.1, 0.15) is 5.75 Å². The molecule has 30 heavy (non-hydrogen) atoms. The summed E-state index contributed by atoms with van der Waals surface area (Å²) in [4.78, 5) is 27.2. The van der Waals surface area contributed by atoms with E-state index in [4.69, 9.17) is 14.2 Å². The molecule has 2 aromatic rings. The van der Waals surface area contributed by atoms with Crippen LogP contribution in [-0.2, 0) is 4.79 Å². The van der Waals surface area contributed by atoms with Gasteiger partial charge in [0.25, 0.3) is 11.8 Å². The molecule has 7 heteroatoms. The van der Waals surface area contributed by atoms with Crippen molar-refractivity contribution >= 4 is 17.5 Å². The summed E-state index contributed by atoms with van der Waals surface area (Å²) >= 11 is 0. The molecule has 0 radical (unpaired) electrons. The molecule has 4 rings (SSSR count). The van der Waals surface area contributed by atoms with Gasteiger partial charge in [-0.25, -0.2) is 0 Å². The molecule has 2 aromatic carbocycles. The Balaban J connectivity index is 1.39. The summed E-state index contributed by atoms with van der Waals surface area (Å²) in [5.41, 5.74) is 1.15. The number of nitrogens with one attached hydrogen (secondary N) is 1. The molecule has 1 aliphatic heterocycles. The van der Waals surface area contributed by atoms with E-state index in [1.54, 1.807) is 37.4 Å². The summed E-state index contributed by atoms with van der Waals surface area (Å²) < 4.78 is 16.3. The molecule has 2 fully saturated rings. The van der Waals surface area contributed by atoms with Crippen molar-refractivity contribution in [2.24, 2.45) is 5.92 Å². The lowest BCUT2D eigenvalue weighted by Gasteiger charge is -2.27. The molecule has 1 saturated heterocycles. The zero-order chi connectivity index (χ0) is 21.1. The van der Waals surface area contributed by atoms with Gasteiger partial charge < -0.3 is 24.4 Å². The maximum absolute atomic E-state index is 12.9. The van der Waals surface area contributed by atoms with Crippen LogP contribution in [0.15, 0.2) is 42.5 Å². The van der Waals surface area contributed by atoms with E-state index in [2.05, 4.69) is 5.32 Å². The highest BCUT2D eigenvalue weighted by molar-refractivity contribution is 5.95. The smallest absolute Gasteiger partial charge is 0.262 e. The highest BCUT2D eigenvalue weighted by Crippen LogP contribution is 2.38. The lowest BCUT2D eigenvalue weighted by atomic mass is 10.1. The number of ether oxygens (including phenoxy) is 3. The van der Waals surface area contributed by atoms with Crippen LogP contribution in [0.25, 0.3) is 0 Å². The fourth-order valence-corrected chi connectivity index (χ4v) is 4.34. The minimum atomic E-state index is -0.324. The van der Waals surface area contributed by atoms with Gasteiger partial charge in [-0.1, -0.05) is 12.1 Å². The van der Waals surface area contributed by atoms with E-state index >= 15 is 0 Å². The number of rotatable bonds is 7. The van der Waals surface area contributed by atoms with Gasteiger partial charge >= 0.3 is 0 Å². The zero-order valence-corrected chi connectivity index (χ0v) is 17.2. The monoisotopic (exact) mass is 410 g/mol. The molecule has 2 unspecified atom stereocenters. The number of para-hydroxylation sites is 2. The Morgan fingerprint density at radius 2 is 1.83 bits per heavy atom. The topological polar surface area (TPSA) is 77.1 Å². The van der Waals surface area contributed by atoms with E-state index in [1.807, 2.05) is 17.0 Å². The van der Waals surface area contributed by atoms with Crippen molar-refractivity contribution in [1.82, 2.24) is 4.90 Å². The Morgan fingerprint density at radius 1 is 1.03 bits per heavy atom. The summed E-state index contributed by atoms with van der Waals surface area (Å²) in [6.07, 6.45) is 3.43. The van der Waals surface area contributed by atoms with Gasteiger partial charge in [0.05, 0.1) is 19.9 Å². The third-order valence-electron chi connectivity index (χ3n) is 5.82. The average Bonchev–Trinajstić information content (AvgIpc) is 3.41. The van der Waals surface area contributed by atoms with Gasteiger partial charge in [-0.05, 0) is 55.5 Å². The van der Waals surface area contributed by atoms with Crippen molar-refractivity contribution in [3.63, 3.8) is 0 Å². The number of nitrogens with zero attached hydrogens (tertiary/aromatic N) is 1. The van der Waals surface area contributed by atoms with Crippen LogP contribution in [0.4, 0.5) is 5.69 Å². The Hall–Kier alpha value is -3.22. The van der Waals surface area contributed by atoms with E-state index in [-0.39, 0.29) is 18.4 Å². The summed E-state index contributed by atoms with van der Waals surface area (Å²) in [6, 6.07) is 12.6. The number of methoxy groups -OCH3 is 2. The normalized spacial score (nSPS) is 19.5. The lowest BCUT2D eigenvalue weighted by molar-refractivity contribution is -0.118. The van der Waals surface area contributed by atoms with Crippen LogP contribution in [0.5, 0.6) is 17.2 Å². The number of hydrogen-bond acceptors (Lipinski definition) is 5. The largest absolute Gasteiger partial charge is 0.495 e. The number of piperidine rings is 1. The number of amides is 2. The SMILES string of the molecule is COc1ccccc1NC(=O)COc1ccc(C(=O)N2CC3CCC2C3)cc1OC. The van der Waals surface area contributed by atoms with Crippen molar-refractivity contribution in [3.05, 3.63) is 48.0 Å². The third-order valence-corrected chi connectivity index (χ3v) is 5.82. The first-order chi connectivity index (χ1) is 14.6. The minimum Gasteiger partial charge on any atom is -0.495 e. The molecule has 0 spiro atoms. The summed E-state index contributed by atoms with van der Waals surface area (Å²) in [7, 11) is 3.06. The highest BCUT2D eigenvalue weighted by Gasteiger charge is 2.40. The fraction of sp³-hybridized carbons (Fsp3) is 0.391. The number of carbonyl (C=O) groups is 2. The molecule has 7 nitrogen and oxygen atoms in total. The number of fused-ring (bicyclic) bond motifs is 2. The zero-order valence-electron chi connectivity index (χ0n) is 17.2. The molecule has 0 aromatic heterocycles. The van der Waals surface area contributed by atoms with Gasteiger partial charge in [-0.2, -0.15) is 0 Å². The standard InChI is InChI=1S/C23H26N2O5/c1-28-19-6-4-3-5-18(19)24-22(26)14-30-20-10-8-16(12-21(20)29-2)23(27)25-13-15-7-9-17(25)11-15/h3-6,8,10,12,15,17H,7,9,11,13-14H2,1-2H3,(H,24,26). The predicted molar refractivity (Wildman–Crippen MR) is 112 cm³/mol. The molecule has 158 valence electrons. The summed E-state index contributed by atoms with van der Waals surface area (Å²) in [6.45, 7) is 0.644. The number of carbonyl (C=O) groups excluding carboxylic acids is 2. The molecule has 2 amide bonds. The van der Waals surface area contributed by atoms with Crippen LogP contribution in [-0.4, -0.2) is 50.1 Å². The molecule has 1 N–H and O–H groups in total. The average molecular weight is 410 g/mol. The van der Waals surface area contributed by atoms with Crippen LogP contribution < -0.4 is 19.5 Å². The Kier molecular flexibility index (Phi) is 5.79. The van der Waals surface area contributed by atoms with Crippen LogP contribution in [0.1, 0.15) is 29.6 Å². The van der Waals surface area contributed by atoms with Crippen LogP contribution >= 0.6 is 0 Å². The van der Waals surface area contributed by atoms with E-state index in [9.17, 15) is 9.59 Å². The summed E-state index contributed by atoms with van der Waals surface area (Å²) in [5, 5.41) is 2.76. The van der Waals surface area contributed by atoms with E-state index in [1.165, 1.54) is 13.5 Å². The van der Waals surface area contributed by atoms with Crippen LogP contribution in [0.2, 0.25) is 0 Å². The first-order valence-corrected chi connectivity index (χ1v) is 10.1. The Bertz CT molecular complexity index is 945. The van der Waals surface area contributed by atoms with Crippen molar-refractivity contribution in [2.75, 3.05) is 32.7 Å². The van der Waals surface area contributed by atoms with Gasteiger partial charge in [0, 0.05) is 18.2 Å². The second-order valence-electron chi connectivity index (χ2n) is 7.69. The first kappa shape index (κ1) is 20.1. The first-order valence-electron chi connectivity index (χ1n) is 10.1. The second-order valence-corrected chi connectivity index (χ2v) is 7.69. The molecule has 2 aliphatic rings. The van der Waals surface area contributed by atoms with E-state index in [0.29, 0.717) is 40.5 Å². The Morgan fingerprint density at radius 3 is 2.53 bits per heavy atom.